The first kappa shape index (κ1) is 22.7. The van der Waals surface area contributed by atoms with Gasteiger partial charge in [0.15, 0.2) is 16.7 Å². The van der Waals surface area contributed by atoms with E-state index in [1.165, 1.54) is 17.8 Å². The van der Waals surface area contributed by atoms with E-state index in [-0.39, 0.29) is 12.4 Å². The van der Waals surface area contributed by atoms with Gasteiger partial charge in [0.05, 0.1) is 24.7 Å². The van der Waals surface area contributed by atoms with Gasteiger partial charge in [0.25, 0.3) is 0 Å². The van der Waals surface area contributed by atoms with Crippen LogP contribution in [0.3, 0.4) is 0 Å². The van der Waals surface area contributed by atoms with E-state index in [1.807, 2.05) is 30.3 Å². The molecule has 0 saturated heterocycles. The van der Waals surface area contributed by atoms with Gasteiger partial charge in [-0.3, -0.25) is 4.57 Å². The Bertz CT molecular complexity index is 1400. The third kappa shape index (κ3) is 5.20. The zero-order chi connectivity index (χ0) is 24.0. The Hall–Kier alpha value is -4.11. The SMILES string of the molecule is COc1ccc(OCc2nnc(SCc3ncc(-c4ccccc4)o3)n2-c2ccccc2F)cc1. The highest BCUT2D eigenvalue weighted by Crippen LogP contribution is 2.29. The molecule has 35 heavy (non-hydrogen) atoms. The molecule has 7 nitrogen and oxygen atoms in total. The van der Waals surface area contributed by atoms with Gasteiger partial charge in [-0.05, 0) is 36.4 Å². The Kier molecular flexibility index (Phi) is 6.76. The summed E-state index contributed by atoms with van der Waals surface area (Å²) in [6.45, 7) is 0.103. The van der Waals surface area contributed by atoms with E-state index in [0.717, 1.165) is 11.3 Å². The second-order valence-electron chi connectivity index (χ2n) is 7.42. The molecule has 2 aromatic heterocycles. The van der Waals surface area contributed by atoms with E-state index in [4.69, 9.17) is 13.9 Å². The number of hydrogen-bond donors (Lipinski definition) is 0. The quantitative estimate of drug-likeness (QED) is 0.238. The molecule has 0 aliphatic rings. The van der Waals surface area contributed by atoms with Gasteiger partial charge < -0.3 is 13.9 Å². The first-order valence-electron chi connectivity index (χ1n) is 10.8. The third-order valence-electron chi connectivity index (χ3n) is 5.16. The second kappa shape index (κ2) is 10.4. The van der Waals surface area contributed by atoms with Gasteiger partial charge in [-0.15, -0.1) is 10.2 Å². The molecule has 0 atom stereocenters. The van der Waals surface area contributed by atoms with Crippen LogP contribution in [0.4, 0.5) is 4.39 Å². The zero-order valence-corrected chi connectivity index (χ0v) is 19.6. The molecular formula is C26H21FN4O3S. The lowest BCUT2D eigenvalue weighted by Gasteiger charge is -2.12. The molecule has 0 radical (unpaired) electrons. The summed E-state index contributed by atoms with van der Waals surface area (Å²) in [5.74, 6) is 3.06. The van der Waals surface area contributed by atoms with E-state index in [1.54, 1.807) is 60.3 Å². The predicted molar refractivity (Wildman–Crippen MR) is 130 cm³/mol. The van der Waals surface area contributed by atoms with Crippen molar-refractivity contribution < 1.29 is 18.3 Å². The van der Waals surface area contributed by atoms with Crippen LogP contribution in [-0.4, -0.2) is 26.9 Å². The van der Waals surface area contributed by atoms with Crippen LogP contribution in [-0.2, 0) is 12.4 Å². The average molecular weight is 489 g/mol. The van der Waals surface area contributed by atoms with Gasteiger partial charge in [0, 0.05) is 5.56 Å². The topological polar surface area (TPSA) is 75.2 Å². The largest absolute Gasteiger partial charge is 0.497 e. The van der Waals surface area contributed by atoms with Crippen LogP contribution in [0.25, 0.3) is 17.0 Å². The van der Waals surface area contributed by atoms with Crippen LogP contribution in [0, 0.1) is 5.82 Å². The standard InChI is InChI=1S/C26H21FN4O3S/c1-32-19-11-13-20(14-12-19)33-16-24-29-30-26(31(24)22-10-6-5-9-21(22)27)35-17-25-28-15-23(34-25)18-7-3-2-4-8-18/h2-15H,16-17H2,1H3. The summed E-state index contributed by atoms with van der Waals surface area (Å²) >= 11 is 1.35. The Labute approximate surface area is 205 Å². The molecule has 5 rings (SSSR count). The summed E-state index contributed by atoms with van der Waals surface area (Å²) in [4.78, 5) is 4.37. The number of ether oxygens (including phenoxy) is 2. The highest BCUT2D eigenvalue weighted by molar-refractivity contribution is 7.98. The van der Waals surface area contributed by atoms with Crippen molar-refractivity contribution in [3.05, 3.63) is 103 Å². The van der Waals surface area contributed by atoms with Gasteiger partial charge in [-0.25, -0.2) is 9.37 Å². The number of para-hydroxylation sites is 1. The minimum absolute atomic E-state index is 0.103. The zero-order valence-electron chi connectivity index (χ0n) is 18.8. The van der Waals surface area contributed by atoms with Crippen LogP contribution < -0.4 is 9.47 Å². The van der Waals surface area contributed by atoms with E-state index >= 15 is 0 Å². The van der Waals surface area contributed by atoms with Crippen molar-refractivity contribution in [2.75, 3.05) is 7.11 Å². The minimum atomic E-state index is -0.387. The fourth-order valence-electron chi connectivity index (χ4n) is 3.42. The molecule has 0 amide bonds. The molecule has 0 N–H and O–H groups in total. The molecule has 9 heteroatoms. The molecule has 176 valence electrons. The lowest BCUT2D eigenvalue weighted by atomic mass is 10.2. The van der Waals surface area contributed by atoms with Crippen LogP contribution in [0.5, 0.6) is 11.5 Å². The maximum absolute atomic E-state index is 14.7. The van der Waals surface area contributed by atoms with Crippen molar-refractivity contribution in [1.29, 1.82) is 0 Å². The van der Waals surface area contributed by atoms with Crippen molar-refractivity contribution in [2.45, 2.75) is 17.5 Å². The van der Waals surface area contributed by atoms with Gasteiger partial charge in [-0.2, -0.15) is 0 Å². The normalized spacial score (nSPS) is 10.9. The Morgan fingerprint density at radius 3 is 2.43 bits per heavy atom. The number of aromatic nitrogens is 4. The fourth-order valence-corrected chi connectivity index (χ4v) is 4.24. The molecule has 0 aliphatic carbocycles. The summed E-state index contributed by atoms with van der Waals surface area (Å²) in [5.41, 5.74) is 1.29. The molecule has 0 fully saturated rings. The number of nitrogens with zero attached hydrogens (tertiary/aromatic N) is 4. The van der Waals surface area contributed by atoms with Crippen LogP contribution >= 0.6 is 11.8 Å². The van der Waals surface area contributed by atoms with Crippen molar-refractivity contribution in [2.24, 2.45) is 0 Å². The second-order valence-corrected chi connectivity index (χ2v) is 8.37. The minimum Gasteiger partial charge on any atom is -0.497 e. The summed E-state index contributed by atoms with van der Waals surface area (Å²) < 4.78 is 33.3. The van der Waals surface area contributed by atoms with E-state index < -0.39 is 0 Å². The van der Waals surface area contributed by atoms with Gasteiger partial charge in [0.2, 0.25) is 5.89 Å². The molecule has 0 bridgehead atoms. The van der Waals surface area contributed by atoms with E-state index in [9.17, 15) is 4.39 Å². The molecule has 0 aliphatic heterocycles. The van der Waals surface area contributed by atoms with Crippen molar-refractivity contribution in [3.63, 3.8) is 0 Å². The highest BCUT2D eigenvalue weighted by atomic mass is 32.2. The number of thioether (sulfide) groups is 1. The molecular weight excluding hydrogens is 467 g/mol. The number of methoxy groups -OCH3 is 1. The molecule has 0 saturated carbocycles. The molecule has 3 aromatic carbocycles. The van der Waals surface area contributed by atoms with Gasteiger partial charge in [-0.1, -0.05) is 54.2 Å². The molecule has 2 heterocycles. The summed E-state index contributed by atoms with van der Waals surface area (Å²) in [7, 11) is 1.60. The first-order chi connectivity index (χ1) is 17.2. The number of rotatable bonds is 9. The van der Waals surface area contributed by atoms with E-state index in [0.29, 0.717) is 39.8 Å². The fraction of sp³-hybridized carbons (Fsp3) is 0.115. The van der Waals surface area contributed by atoms with Gasteiger partial charge >= 0.3 is 0 Å². The summed E-state index contributed by atoms with van der Waals surface area (Å²) in [6, 6.07) is 23.4. The lowest BCUT2D eigenvalue weighted by molar-refractivity contribution is 0.292. The maximum atomic E-state index is 14.7. The van der Waals surface area contributed by atoms with Crippen LogP contribution in [0.1, 0.15) is 11.7 Å². The summed E-state index contributed by atoms with van der Waals surface area (Å²) in [6.07, 6.45) is 1.70. The van der Waals surface area contributed by atoms with Crippen molar-refractivity contribution >= 4 is 11.8 Å². The smallest absolute Gasteiger partial charge is 0.205 e. The third-order valence-corrected chi connectivity index (χ3v) is 6.07. The average Bonchev–Trinajstić information content (AvgIpc) is 3.54. The number of benzene rings is 3. The first-order valence-corrected chi connectivity index (χ1v) is 11.8. The highest BCUT2D eigenvalue weighted by Gasteiger charge is 2.19. The summed E-state index contributed by atoms with van der Waals surface area (Å²) in [5, 5.41) is 9.07. The van der Waals surface area contributed by atoms with Crippen molar-refractivity contribution in [3.8, 4) is 28.5 Å². The monoisotopic (exact) mass is 488 g/mol. The molecule has 5 aromatic rings. The number of hydrogen-bond acceptors (Lipinski definition) is 7. The van der Waals surface area contributed by atoms with Crippen LogP contribution in [0.2, 0.25) is 0 Å². The Morgan fingerprint density at radius 1 is 0.914 bits per heavy atom. The molecule has 0 spiro atoms. The maximum Gasteiger partial charge on any atom is 0.205 e. The lowest BCUT2D eigenvalue weighted by Crippen LogP contribution is -2.08. The number of oxazole rings is 1. The predicted octanol–water partition coefficient (Wildman–Crippen LogP) is 5.94. The van der Waals surface area contributed by atoms with E-state index in [2.05, 4.69) is 15.2 Å². The Morgan fingerprint density at radius 2 is 1.66 bits per heavy atom. The number of halogens is 1. The van der Waals surface area contributed by atoms with Crippen molar-refractivity contribution in [1.82, 2.24) is 19.7 Å². The Balaban J connectivity index is 1.37. The molecule has 0 unspecified atom stereocenters. The van der Waals surface area contributed by atoms with Crippen LogP contribution in [0.15, 0.2) is 94.6 Å². The van der Waals surface area contributed by atoms with Gasteiger partial charge in [0.1, 0.15) is 23.9 Å².